The van der Waals surface area contributed by atoms with E-state index in [0.717, 1.165) is 12.3 Å². The molecule has 1 aliphatic rings. The van der Waals surface area contributed by atoms with Crippen LogP contribution in [0.2, 0.25) is 0 Å². The molecule has 0 heterocycles. The van der Waals surface area contributed by atoms with Crippen molar-refractivity contribution in [3.63, 3.8) is 0 Å². The Morgan fingerprint density at radius 1 is 1.05 bits per heavy atom. The summed E-state index contributed by atoms with van der Waals surface area (Å²) in [4.78, 5) is 0. The predicted molar refractivity (Wildman–Crippen MR) is 88.5 cm³/mol. The highest BCUT2D eigenvalue weighted by atomic mass is 16.3. The molecule has 3 atom stereocenters. The van der Waals surface area contributed by atoms with Crippen molar-refractivity contribution in [2.45, 2.75) is 100 Å². The Hall–Kier alpha value is -0.0400. The van der Waals surface area contributed by atoms with E-state index in [2.05, 4.69) is 41.5 Å². The van der Waals surface area contributed by atoms with Gasteiger partial charge in [-0.15, -0.1) is 0 Å². The number of aliphatic hydroxyl groups is 1. The van der Waals surface area contributed by atoms with Gasteiger partial charge in [-0.3, -0.25) is 0 Å². The quantitative estimate of drug-likeness (QED) is 0.648. The first kappa shape index (κ1) is 21.3. The van der Waals surface area contributed by atoms with Crippen LogP contribution >= 0.6 is 0 Å². The zero-order valence-electron chi connectivity index (χ0n) is 14.9. The van der Waals surface area contributed by atoms with Crippen molar-refractivity contribution in [2.75, 3.05) is 0 Å². The Kier molecular flexibility index (Phi) is 13.2. The third-order valence-corrected chi connectivity index (χ3v) is 3.54. The lowest BCUT2D eigenvalue weighted by atomic mass is 9.76. The minimum Gasteiger partial charge on any atom is -0.393 e. The van der Waals surface area contributed by atoms with Gasteiger partial charge in [0, 0.05) is 0 Å². The van der Waals surface area contributed by atoms with Crippen molar-refractivity contribution >= 4 is 0 Å². The van der Waals surface area contributed by atoms with Gasteiger partial charge in [0.15, 0.2) is 0 Å². The fourth-order valence-electron chi connectivity index (χ4n) is 2.39. The molecule has 0 amide bonds. The first-order valence-electron chi connectivity index (χ1n) is 8.48. The second kappa shape index (κ2) is 11.8. The van der Waals surface area contributed by atoms with E-state index in [4.69, 9.17) is 0 Å². The first-order valence-corrected chi connectivity index (χ1v) is 8.48. The fraction of sp³-hybridized carbons (Fsp3) is 1.00. The standard InChI is InChI=1S/C13H26O.C3H8.C2H6/c1-10-9-11(5-6-12(10)14)7-8-13(2,3)4;1-3-2;1-2/h10-12,14H,5-9H2,1-4H3;3H2,1-2H3;1-2H3. The second-order valence-corrected chi connectivity index (χ2v) is 7.03. The van der Waals surface area contributed by atoms with Gasteiger partial charge < -0.3 is 5.11 Å². The highest BCUT2D eigenvalue weighted by Crippen LogP contribution is 2.34. The Balaban J connectivity index is 0. The maximum Gasteiger partial charge on any atom is 0.0566 e. The molecule has 0 aromatic rings. The number of aliphatic hydroxyl groups excluding tert-OH is 1. The van der Waals surface area contributed by atoms with Crippen LogP contribution in [0, 0.1) is 17.3 Å². The highest BCUT2D eigenvalue weighted by molar-refractivity contribution is 4.78. The number of rotatable bonds is 2. The molecule has 0 aliphatic heterocycles. The van der Waals surface area contributed by atoms with Crippen LogP contribution < -0.4 is 0 Å². The largest absolute Gasteiger partial charge is 0.393 e. The van der Waals surface area contributed by atoms with Crippen molar-refractivity contribution in [3.8, 4) is 0 Å². The average molecular weight is 273 g/mol. The highest BCUT2D eigenvalue weighted by Gasteiger charge is 2.26. The van der Waals surface area contributed by atoms with E-state index in [-0.39, 0.29) is 6.10 Å². The minimum atomic E-state index is -0.0270. The van der Waals surface area contributed by atoms with Gasteiger partial charge in [0.05, 0.1) is 6.10 Å². The van der Waals surface area contributed by atoms with E-state index >= 15 is 0 Å². The van der Waals surface area contributed by atoms with Gasteiger partial charge in [-0.25, -0.2) is 0 Å². The summed E-state index contributed by atoms with van der Waals surface area (Å²) in [6.07, 6.45) is 7.39. The number of hydrogen-bond donors (Lipinski definition) is 1. The van der Waals surface area contributed by atoms with Crippen LogP contribution in [0.15, 0.2) is 0 Å². The fourth-order valence-corrected chi connectivity index (χ4v) is 2.39. The van der Waals surface area contributed by atoms with Crippen LogP contribution in [-0.2, 0) is 0 Å². The molecule has 0 saturated heterocycles. The molecular weight excluding hydrogens is 232 g/mol. The summed E-state index contributed by atoms with van der Waals surface area (Å²) in [6.45, 7) is 17.4. The van der Waals surface area contributed by atoms with Crippen LogP contribution in [0.3, 0.4) is 0 Å². The molecule has 1 rings (SSSR count). The maximum atomic E-state index is 9.62. The van der Waals surface area contributed by atoms with Gasteiger partial charge >= 0.3 is 0 Å². The molecule has 1 N–H and O–H groups in total. The van der Waals surface area contributed by atoms with Crippen molar-refractivity contribution < 1.29 is 5.11 Å². The number of hydrogen-bond acceptors (Lipinski definition) is 1. The third-order valence-electron chi connectivity index (χ3n) is 3.54. The van der Waals surface area contributed by atoms with Crippen molar-refractivity contribution in [2.24, 2.45) is 17.3 Å². The first-order chi connectivity index (χ1) is 8.80. The van der Waals surface area contributed by atoms with E-state index in [1.807, 2.05) is 13.8 Å². The van der Waals surface area contributed by atoms with Gasteiger partial charge in [0.2, 0.25) is 0 Å². The summed E-state index contributed by atoms with van der Waals surface area (Å²) < 4.78 is 0. The molecule has 1 heteroatoms. The topological polar surface area (TPSA) is 20.2 Å². The van der Waals surface area contributed by atoms with Crippen LogP contribution in [0.4, 0.5) is 0 Å². The molecule has 0 spiro atoms. The normalized spacial score (nSPS) is 26.7. The summed E-state index contributed by atoms with van der Waals surface area (Å²) in [5.41, 5.74) is 0.472. The van der Waals surface area contributed by atoms with Crippen LogP contribution in [0.5, 0.6) is 0 Å². The van der Waals surface area contributed by atoms with E-state index in [9.17, 15) is 5.11 Å². The molecule has 1 nitrogen and oxygen atoms in total. The molecule has 0 aromatic heterocycles. The Labute approximate surface area is 123 Å². The van der Waals surface area contributed by atoms with Crippen molar-refractivity contribution in [1.29, 1.82) is 0 Å². The molecule has 118 valence electrons. The minimum absolute atomic E-state index is 0.0270. The summed E-state index contributed by atoms with van der Waals surface area (Å²) >= 11 is 0. The zero-order chi connectivity index (χ0) is 15.5. The van der Waals surface area contributed by atoms with E-state index in [1.165, 1.54) is 32.1 Å². The summed E-state index contributed by atoms with van der Waals surface area (Å²) in [5.74, 6) is 1.39. The molecule has 1 fully saturated rings. The maximum absolute atomic E-state index is 9.62. The molecule has 0 radical (unpaired) electrons. The Bertz CT molecular complexity index is 181. The lowest BCUT2D eigenvalue weighted by molar-refractivity contribution is 0.0528. The van der Waals surface area contributed by atoms with Gasteiger partial charge in [-0.05, 0) is 49.4 Å². The molecule has 19 heavy (non-hydrogen) atoms. The van der Waals surface area contributed by atoms with Crippen LogP contribution in [0.25, 0.3) is 0 Å². The summed E-state index contributed by atoms with van der Waals surface area (Å²) in [6, 6.07) is 0. The van der Waals surface area contributed by atoms with E-state index in [1.54, 1.807) is 0 Å². The lowest BCUT2D eigenvalue weighted by Gasteiger charge is -2.32. The van der Waals surface area contributed by atoms with E-state index < -0.39 is 0 Å². The van der Waals surface area contributed by atoms with Crippen molar-refractivity contribution in [3.05, 3.63) is 0 Å². The van der Waals surface area contributed by atoms with Gasteiger partial charge in [-0.1, -0.05) is 61.8 Å². The Morgan fingerprint density at radius 2 is 1.53 bits per heavy atom. The van der Waals surface area contributed by atoms with Crippen LogP contribution in [0.1, 0.15) is 93.9 Å². The zero-order valence-corrected chi connectivity index (χ0v) is 14.9. The van der Waals surface area contributed by atoms with E-state index in [0.29, 0.717) is 11.3 Å². The Morgan fingerprint density at radius 3 is 1.89 bits per heavy atom. The van der Waals surface area contributed by atoms with Gasteiger partial charge in [0.25, 0.3) is 0 Å². The lowest BCUT2D eigenvalue weighted by Crippen LogP contribution is -2.27. The molecule has 1 aliphatic carbocycles. The second-order valence-electron chi connectivity index (χ2n) is 7.03. The summed E-state index contributed by atoms with van der Waals surface area (Å²) in [7, 11) is 0. The summed E-state index contributed by atoms with van der Waals surface area (Å²) in [5, 5.41) is 9.62. The monoisotopic (exact) mass is 272 g/mol. The molecular formula is C18H40O. The molecule has 1 saturated carbocycles. The molecule has 0 aromatic carbocycles. The molecule has 3 unspecified atom stereocenters. The third kappa shape index (κ3) is 12.7. The van der Waals surface area contributed by atoms with Gasteiger partial charge in [0.1, 0.15) is 0 Å². The predicted octanol–water partition coefficient (Wildman–Crippen LogP) is 6.05. The van der Waals surface area contributed by atoms with Crippen molar-refractivity contribution in [1.82, 2.24) is 0 Å². The van der Waals surface area contributed by atoms with Crippen LogP contribution in [-0.4, -0.2) is 11.2 Å². The average Bonchev–Trinajstić information content (AvgIpc) is 2.33. The SMILES string of the molecule is CC.CC1CC(CCC(C)(C)C)CCC1O.CCC. The molecule has 0 bridgehead atoms. The van der Waals surface area contributed by atoms with Gasteiger partial charge in [-0.2, -0.15) is 0 Å². The smallest absolute Gasteiger partial charge is 0.0566 e.